The molecule has 1 unspecified atom stereocenters. The van der Waals surface area contributed by atoms with Gasteiger partial charge in [-0.15, -0.1) is 0 Å². The molecule has 0 radical (unpaired) electrons. The molecule has 2 amide bonds. The van der Waals surface area contributed by atoms with E-state index in [0.717, 1.165) is 10.5 Å². The van der Waals surface area contributed by atoms with E-state index in [2.05, 4.69) is 0 Å². The van der Waals surface area contributed by atoms with Crippen molar-refractivity contribution in [2.24, 2.45) is 0 Å². The molecule has 25 heavy (non-hydrogen) atoms. The quantitative estimate of drug-likeness (QED) is 0.811. The molecule has 130 valence electrons. The van der Waals surface area contributed by atoms with E-state index >= 15 is 0 Å². The van der Waals surface area contributed by atoms with Crippen LogP contribution in [0, 0.1) is 5.82 Å². The van der Waals surface area contributed by atoms with Gasteiger partial charge in [0, 0.05) is 0 Å². The molecule has 0 aliphatic carbocycles. The second-order valence-electron chi connectivity index (χ2n) is 7.10. The number of benzene rings is 2. The Hall–Kier alpha value is -2.69. The van der Waals surface area contributed by atoms with Crippen molar-refractivity contribution < 1.29 is 18.7 Å². The summed E-state index contributed by atoms with van der Waals surface area (Å²) in [7, 11) is 0. The fourth-order valence-electron chi connectivity index (χ4n) is 2.99. The van der Waals surface area contributed by atoms with Gasteiger partial charge in [0.15, 0.2) is 0 Å². The number of fused-ring (bicyclic) bond motifs is 1. The summed E-state index contributed by atoms with van der Waals surface area (Å²) in [5, 5.41) is 0. The van der Waals surface area contributed by atoms with Gasteiger partial charge < -0.3 is 4.74 Å². The molecule has 3 rings (SSSR count). The summed E-state index contributed by atoms with van der Waals surface area (Å²) >= 11 is 0. The molecule has 0 N–H and O–H groups in total. The number of ether oxygens (including phenoxy) is 1. The molecule has 5 heteroatoms. The van der Waals surface area contributed by atoms with Crippen LogP contribution in [0.15, 0.2) is 48.5 Å². The smallest absolute Gasteiger partial charge is 0.421 e. The van der Waals surface area contributed by atoms with Crippen molar-refractivity contribution in [3.8, 4) is 0 Å². The molecular weight excluding hydrogens is 321 g/mol. The largest absolute Gasteiger partial charge is 0.443 e. The van der Waals surface area contributed by atoms with Gasteiger partial charge in [0.2, 0.25) is 5.91 Å². The first-order valence-corrected chi connectivity index (χ1v) is 8.16. The van der Waals surface area contributed by atoms with Crippen LogP contribution in [0.2, 0.25) is 0 Å². The zero-order valence-corrected chi connectivity index (χ0v) is 14.5. The molecule has 1 aliphatic heterocycles. The van der Waals surface area contributed by atoms with Crippen LogP contribution in [-0.2, 0) is 16.0 Å². The van der Waals surface area contributed by atoms with Crippen LogP contribution in [0.25, 0.3) is 0 Å². The number of halogens is 1. The van der Waals surface area contributed by atoms with E-state index in [1.54, 1.807) is 45.0 Å². The van der Waals surface area contributed by atoms with Gasteiger partial charge >= 0.3 is 6.09 Å². The summed E-state index contributed by atoms with van der Waals surface area (Å²) < 4.78 is 18.8. The van der Waals surface area contributed by atoms with Crippen LogP contribution in [-0.4, -0.2) is 17.6 Å². The Kier molecular flexibility index (Phi) is 4.33. The van der Waals surface area contributed by atoms with Gasteiger partial charge in [0.1, 0.15) is 11.4 Å². The van der Waals surface area contributed by atoms with E-state index in [-0.39, 0.29) is 11.7 Å². The van der Waals surface area contributed by atoms with Gasteiger partial charge in [0.05, 0.1) is 11.6 Å². The lowest BCUT2D eigenvalue weighted by atomic mass is 9.93. The molecule has 0 spiro atoms. The van der Waals surface area contributed by atoms with Crippen LogP contribution >= 0.6 is 0 Å². The predicted molar refractivity (Wildman–Crippen MR) is 93.0 cm³/mol. The van der Waals surface area contributed by atoms with Gasteiger partial charge in [0.25, 0.3) is 0 Å². The van der Waals surface area contributed by atoms with Crippen LogP contribution in [0.5, 0.6) is 0 Å². The first-order chi connectivity index (χ1) is 11.8. The van der Waals surface area contributed by atoms with Gasteiger partial charge in [-0.3, -0.25) is 4.79 Å². The first-order valence-electron chi connectivity index (χ1n) is 8.16. The zero-order valence-electron chi connectivity index (χ0n) is 14.5. The third-order valence-corrected chi connectivity index (χ3v) is 3.98. The van der Waals surface area contributed by atoms with E-state index in [9.17, 15) is 14.0 Å². The summed E-state index contributed by atoms with van der Waals surface area (Å²) in [5.74, 6) is -1.23. The van der Waals surface area contributed by atoms with E-state index in [1.165, 1.54) is 12.1 Å². The lowest BCUT2D eigenvalue weighted by molar-refractivity contribution is -0.119. The molecule has 1 aliphatic rings. The Morgan fingerprint density at radius 2 is 1.88 bits per heavy atom. The minimum atomic E-state index is -0.701. The van der Waals surface area contributed by atoms with E-state index in [1.807, 2.05) is 12.1 Å². The van der Waals surface area contributed by atoms with Gasteiger partial charge in [-0.1, -0.05) is 30.3 Å². The number of carbonyl (C=O) groups excluding carboxylic acids is 2. The number of hydrogen-bond acceptors (Lipinski definition) is 3. The number of para-hydroxylation sites is 1. The van der Waals surface area contributed by atoms with Crippen molar-refractivity contribution in [3.63, 3.8) is 0 Å². The number of nitrogens with zero attached hydrogens (tertiary/aromatic N) is 1. The highest BCUT2D eigenvalue weighted by molar-refractivity contribution is 6.19. The number of imide groups is 1. The van der Waals surface area contributed by atoms with Crippen LogP contribution < -0.4 is 4.90 Å². The molecule has 1 heterocycles. The van der Waals surface area contributed by atoms with Gasteiger partial charge in [-0.05, 0) is 56.5 Å². The molecule has 0 aromatic heterocycles. The molecular formula is C20H20FNO3. The number of anilines is 1. The maximum atomic E-state index is 13.5. The molecule has 4 nitrogen and oxygen atoms in total. The number of amides is 2. The third kappa shape index (κ3) is 3.55. The zero-order chi connectivity index (χ0) is 18.2. The fourth-order valence-corrected chi connectivity index (χ4v) is 2.99. The summed E-state index contributed by atoms with van der Waals surface area (Å²) in [6, 6.07) is 13.3. The third-order valence-electron chi connectivity index (χ3n) is 3.98. The van der Waals surface area contributed by atoms with Crippen LogP contribution in [0.4, 0.5) is 14.9 Å². The Labute approximate surface area is 146 Å². The standard InChI is InChI=1S/C20H20FNO3/c1-20(2,3)25-19(24)22-17-10-5-4-9-15(17)16(18(22)23)12-13-7-6-8-14(21)11-13/h4-11,16H,12H2,1-3H3. The SMILES string of the molecule is CC(C)(C)OC(=O)N1C(=O)C(Cc2cccc(F)c2)c2ccccc21. The monoisotopic (exact) mass is 341 g/mol. The molecule has 2 aromatic carbocycles. The van der Waals surface area contributed by atoms with Crippen molar-refractivity contribution in [1.29, 1.82) is 0 Å². The highest BCUT2D eigenvalue weighted by Gasteiger charge is 2.42. The highest BCUT2D eigenvalue weighted by Crippen LogP contribution is 2.39. The van der Waals surface area contributed by atoms with E-state index < -0.39 is 17.6 Å². The Morgan fingerprint density at radius 1 is 1.16 bits per heavy atom. The Bertz CT molecular complexity index is 826. The van der Waals surface area contributed by atoms with Gasteiger partial charge in [-0.2, -0.15) is 0 Å². The highest BCUT2D eigenvalue weighted by atomic mass is 19.1. The van der Waals surface area contributed by atoms with E-state index in [0.29, 0.717) is 17.7 Å². The lowest BCUT2D eigenvalue weighted by Crippen LogP contribution is -2.39. The molecule has 0 saturated heterocycles. The number of hydrogen-bond donors (Lipinski definition) is 0. The van der Waals surface area contributed by atoms with Crippen molar-refractivity contribution in [2.75, 3.05) is 4.90 Å². The van der Waals surface area contributed by atoms with Crippen molar-refractivity contribution in [1.82, 2.24) is 0 Å². The molecule has 0 fully saturated rings. The average molecular weight is 341 g/mol. The Morgan fingerprint density at radius 3 is 2.56 bits per heavy atom. The molecule has 1 atom stereocenters. The van der Waals surface area contributed by atoms with Crippen molar-refractivity contribution in [3.05, 3.63) is 65.5 Å². The fraction of sp³-hybridized carbons (Fsp3) is 0.300. The van der Waals surface area contributed by atoms with Crippen molar-refractivity contribution >= 4 is 17.7 Å². The molecule has 0 saturated carbocycles. The first kappa shape index (κ1) is 17.1. The second kappa shape index (κ2) is 6.31. The van der Waals surface area contributed by atoms with Crippen LogP contribution in [0.1, 0.15) is 37.8 Å². The predicted octanol–water partition coefficient (Wildman–Crippen LogP) is 4.43. The topological polar surface area (TPSA) is 46.6 Å². The molecule has 2 aromatic rings. The summed E-state index contributed by atoms with van der Waals surface area (Å²) in [6.45, 7) is 5.25. The summed E-state index contributed by atoms with van der Waals surface area (Å²) in [4.78, 5) is 26.5. The van der Waals surface area contributed by atoms with Crippen molar-refractivity contribution in [2.45, 2.75) is 38.7 Å². The normalized spacial score (nSPS) is 16.7. The maximum absolute atomic E-state index is 13.5. The second-order valence-corrected chi connectivity index (χ2v) is 7.10. The summed E-state index contributed by atoms with van der Waals surface area (Å²) in [5.41, 5.74) is 1.29. The average Bonchev–Trinajstić information content (AvgIpc) is 2.78. The summed E-state index contributed by atoms with van der Waals surface area (Å²) in [6.07, 6.45) is -0.362. The van der Waals surface area contributed by atoms with E-state index in [4.69, 9.17) is 4.74 Å². The minimum Gasteiger partial charge on any atom is -0.443 e. The lowest BCUT2D eigenvalue weighted by Gasteiger charge is -2.24. The Balaban J connectivity index is 1.94. The number of carbonyl (C=O) groups is 2. The number of rotatable bonds is 2. The van der Waals surface area contributed by atoms with Gasteiger partial charge in [-0.25, -0.2) is 14.1 Å². The molecule has 0 bridgehead atoms. The van der Waals surface area contributed by atoms with Crippen LogP contribution in [0.3, 0.4) is 0 Å². The maximum Gasteiger partial charge on any atom is 0.421 e. The minimum absolute atomic E-state index is 0.326.